The molecule has 0 saturated carbocycles. The van der Waals surface area contributed by atoms with Crippen molar-refractivity contribution in [2.24, 2.45) is 0 Å². The maximum Gasteiger partial charge on any atom is 1.00 e. The summed E-state index contributed by atoms with van der Waals surface area (Å²) in [5.74, 6) is 0. The quantitative estimate of drug-likeness (QED) is 0.312. The van der Waals surface area contributed by atoms with Crippen LogP contribution in [0.2, 0.25) is 0 Å². The molecular formula is C6H19B2F4NaO. The Kier molecular flexibility index (Phi) is 23.8. The average molecular weight is 228 g/mol. The largest absolute Gasteiger partial charge is 1.00 e. The molecule has 0 atom stereocenters. The molecule has 1 nitrogen and oxygen atoms in total. The molecule has 0 aliphatic rings. The Morgan fingerprint density at radius 3 is 1.00 bits per heavy atom. The van der Waals surface area contributed by atoms with Gasteiger partial charge in [-0.2, -0.15) is 0 Å². The summed E-state index contributed by atoms with van der Waals surface area (Å²) in [6.45, 7) is 9.76. The topological polar surface area (TPSA) is 2.70 Å². The summed E-state index contributed by atoms with van der Waals surface area (Å²) in [5, 5.41) is 0. The second-order valence-corrected chi connectivity index (χ2v) is 1.97. The van der Waals surface area contributed by atoms with Crippen molar-refractivity contribution in [2.75, 3.05) is 19.8 Å². The summed E-state index contributed by atoms with van der Waals surface area (Å²) in [7, 11) is -6.00. The molecular weight excluding hydrogens is 209 g/mol. The molecule has 0 amide bonds. The van der Waals surface area contributed by atoms with Crippen LogP contribution in [-0.4, -0.2) is 35.5 Å². The van der Waals surface area contributed by atoms with E-state index >= 15 is 0 Å². The van der Waals surface area contributed by atoms with Crippen LogP contribution in [0.25, 0.3) is 0 Å². The van der Waals surface area contributed by atoms with E-state index < -0.39 is 7.25 Å². The fourth-order valence-electron chi connectivity index (χ4n) is 0.612. The van der Waals surface area contributed by atoms with Crippen LogP contribution < -0.4 is 29.6 Å². The zero-order valence-electron chi connectivity index (χ0n) is 8.62. The predicted molar refractivity (Wildman–Crippen MR) is 54.2 cm³/mol. The maximum absolute atomic E-state index is 9.75. The van der Waals surface area contributed by atoms with Crippen LogP contribution >= 0.6 is 0 Å². The summed E-state index contributed by atoms with van der Waals surface area (Å²) in [6, 6.07) is 0. The second-order valence-electron chi connectivity index (χ2n) is 1.97. The van der Waals surface area contributed by atoms with Gasteiger partial charge in [-0.15, -0.1) is 0 Å². The number of rotatable bonds is 3. The number of hydrogen-bond donors (Lipinski definition) is 0. The van der Waals surface area contributed by atoms with Crippen LogP contribution in [0.15, 0.2) is 0 Å². The maximum atomic E-state index is 9.75. The van der Waals surface area contributed by atoms with E-state index in [9.17, 15) is 17.3 Å². The third kappa shape index (κ3) is 38.5. The van der Waals surface area contributed by atoms with Gasteiger partial charge < -0.3 is 21.6 Å². The van der Waals surface area contributed by atoms with Gasteiger partial charge in [-0.3, -0.25) is 0 Å². The molecule has 0 aromatic heterocycles. The normalized spacial score (nSPS) is 9.43. The van der Waals surface area contributed by atoms with Crippen molar-refractivity contribution in [3.63, 3.8) is 0 Å². The van der Waals surface area contributed by atoms with Crippen molar-refractivity contribution in [2.45, 2.75) is 20.8 Å². The van der Waals surface area contributed by atoms with E-state index in [2.05, 4.69) is 25.1 Å². The van der Waals surface area contributed by atoms with Crippen molar-refractivity contribution < 1.29 is 51.2 Å². The molecule has 0 aliphatic heterocycles. The minimum atomic E-state index is -6.00. The van der Waals surface area contributed by atoms with Gasteiger partial charge >= 0.3 is 36.8 Å². The molecule has 0 saturated heterocycles. The minimum Gasteiger partial charge on any atom is -0.422 e. The van der Waals surface area contributed by atoms with Gasteiger partial charge in [0.05, 0.1) is 0 Å². The second kappa shape index (κ2) is 13.8. The van der Waals surface area contributed by atoms with E-state index in [0.29, 0.717) is 0 Å². The molecule has 0 aromatic rings. The Hall–Kier alpha value is 0.810. The van der Waals surface area contributed by atoms with Gasteiger partial charge in [0.15, 0.2) is 0 Å². The molecule has 0 N–H and O–H groups in total. The van der Waals surface area contributed by atoms with Gasteiger partial charge in [-0.1, -0.05) is 8.41 Å². The van der Waals surface area contributed by atoms with Crippen molar-refractivity contribution in [1.82, 2.24) is 0 Å². The van der Waals surface area contributed by atoms with E-state index in [-0.39, 0.29) is 38.0 Å². The van der Waals surface area contributed by atoms with Crippen molar-refractivity contribution in [1.29, 1.82) is 0 Å². The zero-order chi connectivity index (χ0) is 10.2. The molecule has 0 spiro atoms. The molecule has 0 fully saturated rings. The first kappa shape index (κ1) is 24.2. The summed E-state index contributed by atoms with van der Waals surface area (Å²) >= 11 is 0. The third-order valence-electron chi connectivity index (χ3n) is 1.22. The first-order valence-corrected chi connectivity index (χ1v) is 3.86. The Labute approximate surface area is 107 Å². The molecule has 84 valence electrons. The minimum absolute atomic E-state index is 0. The monoisotopic (exact) mass is 228 g/mol. The Bertz CT molecular complexity index is 88.8. The average Bonchev–Trinajstić information content (AvgIpc) is 1.88. The molecule has 14 heavy (non-hydrogen) atoms. The van der Waals surface area contributed by atoms with Crippen LogP contribution in [0.3, 0.4) is 0 Å². The smallest absolute Gasteiger partial charge is 0.422 e. The third-order valence-corrected chi connectivity index (χ3v) is 1.22. The molecule has 0 bridgehead atoms. The van der Waals surface area contributed by atoms with Gasteiger partial charge in [0.1, 0.15) is 19.8 Å². The standard InChI is InChI=1S/C6H15O.BF4.BH4.Na/c1-4-7(5-2)6-3;2-1(3,4)5;;/h4-6H2,1-3H3;;1H4;/q+1;2*-1;+1. The van der Waals surface area contributed by atoms with Crippen LogP contribution in [0.4, 0.5) is 17.3 Å². The van der Waals surface area contributed by atoms with E-state index in [0.717, 1.165) is 19.8 Å². The van der Waals surface area contributed by atoms with Crippen LogP contribution in [-0.2, 0) is 4.37 Å². The molecule has 0 unspecified atom stereocenters. The van der Waals surface area contributed by atoms with Crippen molar-refractivity contribution in [3.8, 4) is 0 Å². The summed E-state index contributed by atoms with van der Waals surface area (Å²) in [4.78, 5) is 0. The fraction of sp³-hybridized carbons (Fsp3) is 1.00. The fourth-order valence-corrected chi connectivity index (χ4v) is 0.612. The van der Waals surface area contributed by atoms with E-state index in [4.69, 9.17) is 0 Å². The Balaban J connectivity index is -0.0000000651. The van der Waals surface area contributed by atoms with Crippen LogP contribution in [0, 0.1) is 0 Å². The van der Waals surface area contributed by atoms with Gasteiger partial charge in [0.25, 0.3) is 0 Å². The van der Waals surface area contributed by atoms with Gasteiger partial charge in [-0.25, -0.2) is 0 Å². The molecule has 0 aromatic carbocycles. The van der Waals surface area contributed by atoms with Crippen LogP contribution in [0.5, 0.6) is 0 Å². The molecule has 0 heterocycles. The predicted octanol–water partition coefficient (Wildman–Crippen LogP) is -1.55. The Morgan fingerprint density at radius 1 is 0.857 bits per heavy atom. The summed E-state index contributed by atoms with van der Waals surface area (Å²) in [6.07, 6.45) is 0. The van der Waals surface area contributed by atoms with Crippen molar-refractivity contribution in [3.05, 3.63) is 0 Å². The Morgan fingerprint density at radius 2 is 1.00 bits per heavy atom. The zero-order valence-corrected chi connectivity index (χ0v) is 10.6. The molecule has 0 aliphatic carbocycles. The van der Waals surface area contributed by atoms with E-state index in [1.54, 1.807) is 0 Å². The van der Waals surface area contributed by atoms with E-state index in [1.807, 2.05) is 0 Å². The van der Waals surface area contributed by atoms with Gasteiger partial charge in [0.2, 0.25) is 0 Å². The molecule has 8 heteroatoms. The summed E-state index contributed by atoms with van der Waals surface area (Å²) in [5.41, 5.74) is 0. The van der Waals surface area contributed by atoms with Crippen LogP contribution in [0.1, 0.15) is 20.8 Å². The van der Waals surface area contributed by atoms with Gasteiger partial charge in [0, 0.05) is 20.8 Å². The first-order chi connectivity index (χ1) is 5.35. The molecule has 0 radical (unpaired) electrons. The molecule has 0 rings (SSSR count). The first-order valence-electron chi connectivity index (χ1n) is 3.86. The number of hydrogen-bond acceptors (Lipinski definition) is 0. The van der Waals surface area contributed by atoms with Gasteiger partial charge in [-0.05, 0) is 0 Å². The number of halogens is 4. The summed E-state index contributed by atoms with van der Waals surface area (Å²) < 4.78 is 42.1. The van der Waals surface area contributed by atoms with E-state index in [1.165, 1.54) is 0 Å². The van der Waals surface area contributed by atoms with Crippen molar-refractivity contribution >= 4 is 15.7 Å². The SMILES string of the molecule is CC[O+](CC)CC.F[B-](F)(F)F.[BH4-].[Na+].